The van der Waals surface area contributed by atoms with Crippen LogP contribution in [0.4, 0.5) is 10.1 Å². The zero-order valence-corrected chi connectivity index (χ0v) is 10.5. The van der Waals surface area contributed by atoms with Crippen molar-refractivity contribution in [3.8, 4) is 0 Å². The van der Waals surface area contributed by atoms with Gasteiger partial charge < -0.3 is 15.4 Å². The smallest absolute Gasteiger partial charge is 0.313 e. The highest BCUT2D eigenvalue weighted by Gasteiger charge is 2.18. The normalized spacial score (nSPS) is 11.5. The minimum Gasteiger partial charge on any atom is -0.338 e. The molecule has 1 aromatic rings. The fraction of sp³-hybridized carbons (Fsp3) is 0.308. The average Bonchev–Trinajstić information content (AvgIpc) is 2.40. The average molecular weight is 266 g/mol. The molecule has 0 saturated carbocycles. The standard InChI is InChI=1S/C13H15FN2O3/c1-2-5-9(8-17)15-12(18)13(19)16-11-7-4-3-6-10(11)14/h3-4,6-9H,2,5H2,1H3,(H,15,18)(H,16,19). The predicted octanol–water partition coefficient (Wildman–Crippen LogP) is 1.25. The van der Waals surface area contributed by atoms with Crippen LogP contribution in [0.25, 0.3) is 0 Å². The molecule has 1 atom stereocenters. The van der Waals surface area contributed by atoms with E-state index in [0.717, 1.165) is 0 Å². The third-order valence-corrected chi connectivity index (χ3v) is 2.41. The van der Waals surface area contributed by atoms with Crippen molar-refractivity contribution in [3.63, 3.8) is 0 Å². The number of carbonyl (C=O) groups excluding carboxylic acids is 3. The number of benzene rings is 1. The van der Waals surface area contributed by atoms with E-state index in [1.54, 1.807) is 0 Å². The van der Waals surface area contributed by atoms with Crippen LogP contribution in [0.2, 0.25) is 0 Å². The Morgan fingerprint density at radius 2 is 2.00 bits per heavy atom. The maximum Gasteiger partial charge on any atom is 0.313 e. The summed E-state index contributed by atoms with van der Waals surface area (Å²) in [5, 5.41) is 4.41. The number of carbonyl (C=O) groups is 3. The molecule has 5 nitrogen and oxygen atoms in total. The summed E-state index contributed by atoms with van der Waals surface area (Å²) in [4.78, 5) is 33.7. The van der Waals surface area contributed by atoms with Gasteiger partial charge in [0.25, 0.3) is 0 Å². The largest absolute Gasteiger partial charge is 0.338 e. The van der Waals surface area contributed by atoms with E-state index in [1.807, 2.05) is 6.92 Å². The molecule has 1 aromatic carbocycles. The molecular formula is C13H15FN2O3. The van der Waals surface area contributed by atoms with E-state index in [4.69, 9.17) is 0 Å². The van der Waals surface area contributed by atoms with Gasteiger partial charge in [-0.05, 0) is 18.6 Å². The van der Waals surface area contributed by atoms with Crippen molar-refractivity contribution in [1.29, 1.82) is 0 Å². The molecule has 0 aliphatic rings. The van der Waals surface area contributed by atoms with Crippen molar-refractivity contribution in [3.05, 3.63) is 30.1 Å². The van der Waals surface area contributed by atoms with Crippen LogP contribution in [0.5, 0.6) is 0 Å². The summed E-state index contributed by atoms with van der Waals surface area (Å²) in [6.45, 7) is 1.85. The number of hydrogen-bond donors (Lipinski definition) is 2. The van der Waals surface area contributed by atoms with Gasteiger partial charge >= 0.3 is 11.8 Å². The highest BCUT2D eigenvalue weighted by atomic mass is 19.1. The van der Waals surface area contributed by atoms with Crippen molar-refractivity contribution in [1.82, 2.24) is 5.32 Å². The Morgan fingerprint density at radius 1 is 1.32 bits per heavy atom. The monoisotopic (exact) mass is 266 g/mol. The number of aldehydes is 1. The third-order valence-electron chi connectivity index (χ3n) is 2.41. The molecule has 6 heteroatoms. The number of para-hydroxylation sites is 1. The van der Waals surface area contributed by atoms with Gasteiger partial charge in [0, 0.05) is 0 Å². The molecule has 0 bridgehead atoms. The number of halogens is 1. The lowest BCUT2D eigenvalue weighted by atomic mass is 10.2. The molecule has 102 valence electrons. The first-order chi connectivity index (χ1) is 9.08. The molecule has 0 aromatic heterocycles. The van der Waals surface area contributed by atoms with Gasteiger partial charge in [-0.25, -0.2) is 4.39 Å². The zero-order chi connectivity index (χ0) is 14.3. The van der Waals surface area contributed by atoms with Gasteiger partial charge in [-0.3, -0.25) is 9.59 Å². The number of nitrogens with one attached hydrogen (secondary N) is 2. The zero-order valence-electron chi connectivity index (χ0n) is 10.5. The molecule has 1 rings (SSSR count). The highest BCUT2D eigenvalue weighted by molar-refractivity contribution is 6.39. The van der Waals surface area contributed by atoms with E-state index in [9.17, 15) is 18.8 Å². The van der Waals surface area contributed by atoms with Crippen LogP contribution in [0, 0.1) is 5.82 Å². The van der Waals surface area contributed by atoms with E-state index >= 15 is 0 Å². The fourth-order valence-electron chi connectivity index (χ4n) is 1.46. The third kappa shape index (κ3) is 4.50. The van der Waals surface area contributed by atoms with E-state index < -0.39 is 23.7 Å². The minimum atomic E-state index is -1.01. The maximum atomic E-state index is 13.3. The van der Waals surface area contributed by atoms with Gasteiger partial charge in [-0.2, -0.15) is 0 Å². The molecule has 0 radical (unpaired) electrons. The quantitative estimate of drug-likeness (QED) is 0.622. The number of rotatable bonds is 5. The Morgan fingerprint density at radius 3 is 2.58 bits per heavy atom. The van der Waals surface area contributed by atoms with Crippen molar-refractivity contribution in [2.75, 3.05) is 5.32 Å². The van der Waals surface area contributed by atoms with Crippen LogP contribution >= 0.6 is 0 Å². The van der Waals surface area contributed by atoms with Crippen LogP contribution < -0.4 is 10.6 Å². The molecule has 19 heavy (non-hydrogen) atoms. The first kappa shape index (κ1) is 14.8. The number of anilines is 1. The molecule has 2 N–H and O–H groups in total. The Bertz CT molecular complexity index is 477. The van der Waals surface area contributed by atoms with Crippen LogP contribution in [0.15, 0.2) is 24.3 Å². The van der Waals surface area contributed by atoms with E-state index in [0.29, 0.717) is 19.1 Å². The van der Waals surface area contributed by atoms with E-state index in [1.165, 1.54) is 24.3 Å². The molecule has 0 saturated heterocycles. The molecule has 0 heterocycles. The summed E-state index contributed by atoms with van der Waals surface area (Å²) < 4.78 is 13.3. The Labute approximate surface area is 110 Å². The summed E-state index contributed by atoms with van der Waals surface area (Å²) in [7, 11) is 0. The second-order valence-corrected chi connectivity index (χ2v) is 3.94. The lowest BCUT2D eigenvalue weighted by molar-refractivity contribution is -0.137. The summed E-state index contributed by atoms with van der Waals surface area (Å²) in [6, 6.07) is 4.79. The maximum absolute atomic E-state index is 13.3. The Kier molecular flexibility index (Phi) is 5.66. The molecule has 0 fully saturated rings. The second-order valence-electron chi connectivity index (χ2n) is 3.94. The topological polar surface area (TPSA) is 75.3 Å². The van der Waals surface area contributed by atoms with Crippen LogP contribution in [-0.4, -0.2) is 24.1 Å². The van der Waals surface area contributed by atoms with Crippen LogP contribution in [-0.2, 0) is 14.4 Å². The Balaban J connectivity index is 2.61. The summed E-state index contributed by atoms with van der Waals surface area (Å²) in [5.41, 5.74) is -0.0826. The second kappa shape index (κ2) is 7.25. The lowest BCUT2D eigenvalue weighted by Crippen LogP contribution is -2.42. The minimum absolute atomic E-state index is 0.0826. The van der Waals surface area contributed by atoms with Gasteiger partial charge in [0.1, 0.15) is 12.1 Å². The number of amides is 2. The van der Waals surface area contributed by atoms with Crippen molar-refractivity contribution < 1.29 is 18.8 Å². The first-order valence-corrected chi connectivity index (χ1v) is 5.90. The summed E-state index contributed by atoms with van der Waals surface area (Å²) in [6.07, 6.45) is 1.71. The van der Waals surface area contributed by atoms with Gasteiger partial charge in [0.2, 0.25) is 0 Å². The van der Waals surface area contributed by atoms with E-state index in [2.05, 4.69) is 10.6 Å². The highest BCUT2D eigenvalue weighted by Crippen LogP contribution is 2.11. The summed E-state index contributed by atoms with van der Waals surface area (Å²) in [5.74, 6) is -2.61. The van der Waals surface area contributed by atoms with Gasteiger partial charge in [0.15, 0.2) is 0 Å². The molecule has 2 amide bonds. The van der Waals surface area contributed by atoms with Gasteiger partial charge in [0.05, 0.1) is 11.7 Å². The van der Waals surface area contributed by atoms with Crippen molar-refractivity contribution in [2.45, 2.75) is 25.8 Å². The Hall–Kier alpha value is -2.24. The molecule has 0 spiro atoms. The van der Waals surface area contributed by atoms with Crippen LogP contribution in [0.3, 0.4) is 0 Å². The fourth-order valence-corrected chi connectivity index (χ4v) is 1.46. The van der Waals surface area contributed by atoms with E-state index in [-0.39, 0.29) is 5.69 Å². The molecular weight excluding hydrogens is 251 g/mol. The van der Waals surface area contributed by atoms with Crippen molar-refractivity contribution >= 4 is 23.8 Å². The number of hydrogen-bond acceptors (Lipinski definition) is 3. The SMILES string of the molecule is CCCC(C=O)NC(=O)C(=O)Nc1ccccc1F. The summed E-state index contributed by atoms with van der Waals surface area (Å²) >= 11 is 0. The van der Waals surface area contributed by atoms with Crippen LogP contribution in [0.1, 0.15) is 19.8 Å². The first-order valence-electron chi connectivity index (χ1n) is 5.90. The van der Waals surface area contributed by atoms with Gasteiger partial charge in [-0.15, -0.1) is 0 Å². The van der Waals surface area contributed by atoms with Gasteiger partial charge in [-0.1, -0.05) is 25.5 Å². The van der Waals surface area contributed by atoms with Crippen molar-refractivity contribution in [2.24, 2.45) is 0 Å². The molecule has 0 aliphatic heterocycles. The predicted molar refractivity (Wildman–Crippen MR) is 67.9 cm³/mol. The molecule has 1 unspecified atom stereocenters. The molecule has 0 aliphatic carbocycles. The lowest BCUT2D eigenvalue weighted by Gasteiger charge is -2.11.